The molecule has 2 aliphatic rings. The van der Waals surface area contributed by atoms with Crippen LogP contribution in [0.5, 0.6) is 0 Å². The summed E-state index contributed by atoms with van der Waals surface area (Å²) in [6.45, 7) is 2.08. The third-order valence-corrected chi connectivity index (χ3v) is 6.78. The van der Waals surface area contributed by atoms with Crippen molar-refractivity contribution in [2.45, 2.75) is 4.90 Å². The second-order valence-corrected chi connectivity index (χ2v) is 8.37. The SMILES string of the molecule is O=C(OC1=C(c2ccccc2)Sc2c(Cl)cccc2-n2cccc21)N1CCOCC1. The summed E-state index contributed by atoms with van der Waals surface area (Å²) in [7, 11) is 0. The minimum absolute atomic E-state index is 0.368. The molecule has 0 spiro atoms. The highest BCUT2D eigenvalue weighted by Crippen LogP contribution is 2.48. The number of morpholine rings is 1. The van der Waals surface area contributed by atoms with E-state index in [1.54, 1.807) is 4.90 Å². The van der Waals surface area contributed by atoms with E-state index >= 15 is 0 Å². The van der Waals surface area contributed by atoms with Gasteiger partial charge in [0.15, 0.2) is 5.76 Å². The minimum Gasteiger partial charge on any atom is -0.407 e. The van der Waals surface area contributed by atoms with E-state index in [1.165, 1.54) is 11.8 Å². The van der Waals surface area contributed by atoms with Gasteiger partial charge in [-0.05, 0) is 29.8 Å². The van der Waals surface area contributed by atoms with Crippen molar-refractivity contribution in [1.82, 2.24) is 9.47 Å². The predicted molar refractivity (Wildman–Crippen MR) is 119 cm³/mol. The Morgan fingerprint density at radius 2 is 1.80 bits per heavy atom. The van der Waals surface area contributed by atoms with Crippen molar-refractivity contribution in [2.24, 2.45) is 0 Å². The average Bonchev–Trinajstić information content (AvgIpc) is 3.23. The highest BCUT2D eigenvalue weighted by Gasteiger charge is 2.29. The largest absolute Gasteiger partial charge is 0.415 e. The molecule has 152 valence electrons. The Morgan fingerprint density at radius 3 is 2.60 bits per heavy atom. The summed E-state index contributed by atoms with van der Waals surface area (Å²) in [6.07, 6.45) is 1.59. The Hall–Kier alpha value is -2.67. The molecule has 30 heavy (non-hydrogen) atoms. The normalized spacial score (nSPS) is 16.0. The van der Waals surface area contributed by atoms with E-state index in [-0.39, 0.29) is 6.09 Å². The third-order valence-electron chi connectivity index (χ3n) is 5.09. The number of aromatic nitrogens is 1. The van der Waals surface area contributed by atoms with Crippen LogP contribution < -0.4 is 0 Å². The molecule has 7 heteroatoms. The first-order chi connectivity index (χ1) is 14.7. The highest BCUT2D eigenvalue weighted by atomic mass is 35.5. The van der Waals surface area contributed by atoms with Crippen molar-refractivity contribution in [3.8, 4) is 5.69 Å². The molecule has 0 aliphatic carbocycles. The molecular formula is C23H19ClN2O3S. The number of hydrogen-bond acceptors (Lipinski definition) is 4. The van der Waals surface area contributed by atoms with Crippen molar-refractivity contribution in [3.63, 3.8) is 0 Å². The smallest absolute Gasteiger partial charge is 0.407 e. The number of ether oxygens (including phenoxy) is 2. The first-order valence-corrected chi connectivity index (χ1v) is 10.9. The van der Waals surface area contributed by atoms with Crippen LogP contribution in [0.4, 0.5) is 4.79 Å². The van der Waals surface area contributed by atoms with Gasteiger partial charge in [-0.1, -0.05) is 59.8 Å². The predicted octanol–water partition coefficient (Wildman–Crippen LogP) is 5.53. The van der Waals surface area contributed by atoms with Crippen LogP contribution in [0, 0.1) is 0 Å². The maximum atomic E-state index is 13.0. The van der Waals surface area contributed by atoms with Crippen molar-refractivity contribution in [2.75, 3.05) is 26.3 Å². The van der Waals surface area contributed by atoms with E-state index < -0.39 is 0 Å². The second-order valence-electron chi connectivity index (χ2n) is 6.95. The zero-order valence-corrected chi connectivity index (χ0v) is 17.7. The van der Waals surface area contributed by atoms with Gasteiger partial charge in [0, 0.05) is 19.3 Å². The number of benzene rings is 2. The Bertz CT molecular complexity index is 1120. The standard InChI is InChI=1S/C23H19ClN2O3S/c24-17-8-4-9-19-22(17)30-21(16-6-2-1-3-7-16)20(18-10-5-11-26(18)19)29-23(27)25-12-14-28-15-13-25/h1-11H,12-15H2. The number of hydrogen-bond donors (Lipinski definition) is 0. The van der Waals surface area contributed by atoms with Crippen molar-refractivity contribution in [3.05, 3.63) is 83.1 Å². The van der Waals surface area contributed by atoms with E-state index in [1.807, 2.05) is 71.4 Å². The van der Waals surface area contributed by atoms with Crippen LogP contribution in [0.1, 0.15) is 11.3 Å². The highest BCUT2D eigenvalue weighted by molar-refractivity contribution is 8.08. The summed E-state index contributed by atoms with van der Waals surface area (Å²) in [5, 5.41) is 0.659. The number of thioether (sulfide) groups is 1. The van der Waals surface area contributed by atoms with E-state index in [4.69, 9.17) is 21.1 Å². The van der Waals surface area contributed by atoms with Gasteiger partial charge >= 0.3 is 6.09 Å². The maximum Gasteiger partial charge on any atom is 0.415 e. The topological polar surface area (TPSA) is 43.7 Å². The monoisotopic (exact) mass is 438 g/mol. The summed E-state index contributed by atoms with van der Waals surface area (Å²) in [5.74, 6) is 0.528. The van der Waals surface area contributed by atoms with E-state index in [0.717, 1.165) is 26.7 Å². The van der Waals surface area contributed by atoms with Gasteiger partial charge in [0.25, 0.3) is 0 Å². The number of nitrogens with zero attached hydrogens (tertiary/aromatic N) is 2. The summed E-state index contributed by atoms with van der Waals surface area (Å²) in [5.41, 5.74) is 2.73. The van der Waals surface area contributed by atoms with E-state index in [2.05, 4.69) is 0 Å². The van der Waals surface area contributed by atoms with Gasteiger partial charge in [0.1, 0.15) is 0 Å². The number of carbonyl (C=O) groups is 1. The number of rotatable bonds is 2. The summed E-state index contributed by atoms with van der Waals surface area (Å²) < 4.78 is 13.4. The van der Waals surface area contributed by atoms with Crippen LogP contribution in [0.15, 0.2) is 71.8 Å². The number of carbonyl (C=O) groups excluding carboxylic acids is 1. The molecule has 0 N–H and O–H groups in total. The molecule has 0 unspecified atom stereocenters. The van der Waals surface area contributed by atoms with Gasteiger partial charge in [-0.2, -0.15) is 0 Å². The van der Waals surface area contributed by atoms with Gasteiger partial charge in [-0.25, -0.2) is 4.79 Å². The second kappa shape index (κ2) is 8.22. The molecule has 2 aromatic carbocycles. The van der Waals surface area contributed by atoms with Crippen LogP contribution in [0.3, 0.4) is 0 Å². The fourth-order valence-corrected chi connectivity index (χ4v) is 5.02. The number of amides is 1. The molecule has 3 aromatic rings. The summed E-state index contributed by atoms with van der Waals surface area (Å²) in [6, 6.07) is 19.7. The lowest BCUT2D eigenvalue weighted by Crippen LogP contribution is -2.40. The van der Waals surface area contributed by atoms with E-state index in [9.17, 15) is 4.79 Å². The molecule has 0 atom stereocenters. The van der Waals surface area contributed by atoms with Crippen LogP contribution in [-0.4, -0.2) is 41.9 Å². The molecule has 0 saturated carbocycles. The Kier molecular flexibility index (Phi) is 5.29. The van der Waals surface area contributed by atoms with Gasteiger partial charge < -0.3 is 18.9 Å². The van der Waals surface area contributed by atoms with Gasteiger partial charge in [0.2, 0.25) is 0 Å². The van der Waals surface area contributed by atoms with Crippen molar-refractivity contribution >= 4 is 40.1 Å². The molecule has 1 saturated heterocycles. The molecular weight excluding hydrogens is 420 g/mol. The first-order valence-electron chi connectivity index (χ1n) is 9.71. The number of fused-ring (bicyclic) bond motifs is 3. The lowest BCUT2D eigenvalue weighted by atomic mass is 10.1. The summed E-state index contributed by atoms with van der Waals surface area (Å²) >= 11 is 8.11. The fourth-order valence-electron chi connectivity index (χ4n) is 3.60. The number of halogens is 1. The minimum atomic E-state index is -0.368. The van der Waals surface area contributed by atoms with Crippen LogP contribution in [0.25, 0.3) is 16.4 Å². The molecule has 2 aliphatic heterocycles. The quantitative estimate of drug-likeness (QED) is 0.527. The Morgan fingerprint density at radius 1 is 1.00 bits per heavy atom. The molecule has 1 amide bonds. The lowest BCUT2D eigenvalue weighted by Gasteiger charge is -2.26. The molecule has 0 radical (unpaired) electrons. The van der Waals surface area contributed by atoms with Crippen molar-refractivity contribution < 1.29 is 14.3 Å². The van der Waals surface area contributed by atoms with Gasteiger partial charge in [0.05, 0.1) is 39.4 Å². The third kappa shape index (κ3) is 3.51. The summed E-state index contributed by atoms with van der Waals surface area (Å²) in [4.78, 5) is 16.5. The first kappa shape index (κ1) is 19.3. The lowest BCUT2D eigenvalue weighted by molar-refractivity contribution is 0.0390. The van der Waals surface area contributed by atoms with Crippen molar-refractivity contribution in [1.29, 1.82) is 0 Å². The zero-order chi connectivity index (χ0) is 20.5. The molecule has 1 fully saturated rings. The van der Waals surface area contributed by atoms with Crippen LogP contribution in [0.2, 0.25) is 5.02 Å². The van der Waals surface area contributed by atoms with Crippen LogP contribution in [-0.2, 0) is 9.47 Å². The Balaban J connectivity index is 1.67. The zero-order valence-electron chi connectivity index (χ0n) is 16.1. The molecule has 5 rings (SSSR count). The Labute approximate surface area is 183 Å². The molecule has 0 bridgehead atoms. The van der Waals surface area contributed by atoms with Gasteiger partial charge in [-0.15, -0.1) is 0 Å². The molecule has 5 nitrogen and oxygen atoms in total. The van der Waals surface area contributed by atoms with Gasteiger partial charge in [-0.3, -0.25) is 0 Å². The average molecular weight is 439 g/mol. The maximum absolute atomic E-state index is 13.0. The molecule has 1 aromatic heterocycles. The fraction of sp³-hybridized carbons (Fsp3) is 0.174. The van der Waals surface area contributed by atoms with Crippen LogP contribution >= 0.6 is 23.4 Å². The van der Waals surface area contributed by atoms with E-state index in [0.29, 0.717) is 37.1 Å². The molecule has 3 heterocycles.